The molecule has 1 fully saturated rings. The van der Waals surface area contributed by atoms with Gasteiger partial charge >= 0.3 is 6.03 Å². The number of amides is 3. The highest BCUT2D eigenvalue weighted by molar-refractivity contribution is 6.06. The molecule has 1 heterocycles. The van der Waals surface area contributed by atoms with Crippen LogP contribution in [0, 0.1) is 11.3 Å². The van der Waals surface area contributed by atoms with Crippen molar-refractivity contribution in [3.63, 3.8) is 0 Å². The van der Waals surface area contributed by atoms with Crippen molar-refractivity contribution in [2.45, 2.75) is 31.9 Å². The monoisotopic (exact) mass is 407 g/mol. The minimum Gasteiger partial charge on any atom is -0.491 e. The Balaban J connectivity index is 1.58. The van der Waals surface area contributed by atoms with Gasteiger partial charge in [-0.3, -0.25) is 9.69 Å². The van der Waals surface area contributed by atoms with Gasteiger partial charge in [0.2, 0.25) is 0 Å². The highest BCUT2D eigenvalue weighted by atomic mass is 16.5. The lowest BCUT2D eigenvalue weighted by atomic mass is 10.0. The third kappa shape index (κ3) is 4.29. The molecule has 0 aliphatic carbocycles. The predicted octanol–water partition coefficient (Wildman–Crippen LogP) is 2.83. The van der Waals surface area contributed by atoms with Gasteiger partial charge in [-0.15, -0.1) is 0 Å². The zero-order chi connectivity index (χ0) is 21.9. The molecule has 2 aromatic rings. The Labute approximate surface area is 176 Å². The van der Waals surface area contributed by atoms with E-state index in [1.54, 1.807) is 33.0 Å². The topological polar surface area (TPSA) is 93.9 Å². The molecule has 1 N–H and O–H groups in total. The summed E-state index contributed by atoms with van der Waals surface area (Å²) in [6, 6.07) is 16.9. The lowest BCUT2D eigenvalue weighted by Gasteiger charge is -2.22. The molecule has 0 aromatic heterocycles. The zero-order valence-corrected chi connectivity index (χ0v) is 17.3. The Morgan fingerprint density at radius 2 is 1.83 bits per heavy atom. The predicted molar refractivity (Wildman–Crippen MR) is 112 cm³/mol. The number of imide groups is 1. The molecule has 3 amide bonds. The largest absolute Gasteiger partial charge is 0.491 e. The number of β-amino-alcohol motifs (C(OH)–C–C–N with tert-alkyl or cyclic N) is 1. The maximum absolute atomic E-state index is 12.4. The molecule has 1 unspecified atom stereocenters. The quantitative estimate of drug-likeness (QED) is 0.713. The van der Waals surface area contributed by atoms with E-state index in [1.807, 2.05) is 36.4 Å². The van der Waals surface area contributed by atoms with E-state index in [-0.39, 0.29) is 19.1 Å². The van der Waals surface area contributed by atoms with Crippen molar-refractivity contribution in [2.24, 2.45) is 0 Å². The van der Waals surface area contributed by atoms with Crippen molar-refractivity contribution in [3.8, 4) is 22.9 Å². The van der Waals surface area contributed by atoms with Gasteiger partial charge in [-0.05, 0) is 42.7 Å². The van der Waals surface area contributed by atoms with E-state index in [1.165, 1.54) is 4.90 Å². The number of aliphatic hydroxyl groups excluding tert-OH is 1. The number of carbonyl (C=O) groups excluding carboxylic acids is 2. The molecule has 0 saturated carbocycles. The molecule has 2 aromatic carbocycles. The average Bonchev–Trinajstić information content (AvgIpc) is 2.88. The van der Waals surface area contributed by atoms with Crippen LogP contribution < -0.4 is 4.74 Å². The van der Waals surface area contributed by atoms with Crippen LogP contribution in [0.2, 0.25) is 0 Å². The van der Waals surface area contributed by atoms with Crippen molar-refractivity contribution >= 4 is 11.9 Å². The van der Waals surface area contributed by atoms with Crippen molar-refractivity contribution in [2.75, 3.05) is 20.2 Å². The van der Waals surface area contributed by atoms with Crippen molar-refractivity contribution in [1.29, 1.82) is 5.26 Å². The van der Waals surface area contributed by atoms with E-state index in [0.29, 0.717) is 12.2 Å². The Bertz CT molecular complexity index is 979. The molecule has 3 rings (SSSR count). The third-order valence-corrected chi connectivity index (χ3v) is 5.36. The first-order chi connectivity index (χ1) is 14.2. The second kappa shape index (κ2) is 8.56. The molecule has 1 saturated heterocycles. The summed E-state index contributed by atoms with van der Waals surface area (Å²) in [5.41, 5.74) is 2.03. The number of nitrogens with zero attached hydrogens (tertiary/aromatic N) is 3. The smallest absolute Gasteiger partial charge is 0.327 e. The Hall–Kier alpha value is -3.37. The first-order valence-corrected chi connectivity index (χ1v) is 9.71. The summed E-state index contributed by atoms with van der Waals surface area (Å²) in [7, 11) is 1.57. The highest BCUT2D eigenvalue weighted by Crippen LogP contribution is 2.26. The maximum Gasteiger partial charge on any atom is 0.327 e. The van der Waals surface area contributed by atoms with Crippen LogP contribution in [0.3, 0.4) is 0 Å². The molecule has 1 aliphatic heterocycles. The molecule has 1 aliphatic rings. The van der Waals surface area contributed by atoms with Crippen LogP contribution in [0.4, 0.5) is 4.79 Å². The van der Waals surface area contributed by atoms with E-state index in [9.17, 15) is 14.7 Å². The first kappa shape index (κ1) is 21.3. The number of hydrogen-bond acceptors (Lipinski definition) is 5. The Morgan fingerprint density at radius 3 is 2.43 bits per heavy atom. The van der Waals surface area contributed by atoms with Crippen molar-refractivity contribution in [1.82, 2.24) is 9.80 Å². The molecule has 7 heteroatoms. The summed E-state index contributed by atoms with van der Waals surface area (Å²) in [6.45, 7) is 3.19. The Morgan fingerprint density at radius 1 is 1.13 bits per heavy atom. The van der Waals surface area contributed by atoms with Crippen LogP contribution in [0.25, 0.3) is 11.1 Å². The number of hydrogen-bond donors (Lipinski definition) is 1. The number of aliphatic hydroxyl groups is 1. The summed E-state index contributed by atoms with van der Waals surface area (Å²) in [5, 5.41) is 19.1. The molecule has 0 spiro atoms. The number of ether oxygens (including phenoxy) is 1. The SMILES string of the molecule is CN1C(=O)N(CC(O)COc2ccc(-c3cccc(CC#N)c3)cc2)C(=O)C1(C)C. The highest BCUT2D eigenvalue weighted by Gasteiger charge is 2.49. The summed E-state index contributed by atoms with van der Waals surface area (Å²) in [6.07, 6.45) is -0.635. The second-order valence-corrected chi connectivity index (χ2v) is 7.84. The van der Waals surface area contributed by atoms with Crippen molar-refractivity contribution < 1.29 is 19.4 Å². The fraction of sp³-hybridized carbons (Fsp3) is 0.348. The lowest BCUT2D eigenvalue weighted by Crippen LogP contribution is -2.43. The van der Waals surface area contributed by atoms with Gasteiger partial charge in [-0.25, -0.2) is 4.79 Å². The minimum absolute atomic E-state index is 0.0434. The van der Waals surface area contributed by atoms with Crippen LogP contribution in [-0.4, -0.2) is 58.7 Å². The number of benzene rings is 2. The number of urea groups is 1. The van der Waals surface area contributed by atoms with Crippen LogP contribution >= 0.6 is 0 Å². The zero-order valence-electron chi connectivity index (χ0n) is 17.3. The van der Waals surface area contributed by atoms with Crippen LogP contribution in [0.5, 0.6) is 5.75 Å². The molecule has 156 valence electrons. The fourth-order valence-corrected chi connectivity index (χ4v) is 3.29. The number of rotatable bonds is 7. The second-order valence-electron chi connectivity index (χ2n) is 7.84. The molecular weight excluding hydrogens is 382 g/mol. The molecule has 0 radical (unpaired) electrons. The van der Waals surface area contributed by atoms with Gasteiger partial charge in [-0.2, -0.15) is 5.26 Å². The number of nitriles is 1. The molecule has 0 bridgehead atoms. The summed E-state index contributed by atoms with van der Waals surface area (Å²) < 4.78 is 5.62. The Kier molecular flexibility index (Phi) is 6.09. The van der Waals surface area contributed by atoms with E-state index in [2.05, 4.69) is 6.07 Å². The summed E-state index contributed by atoms with van der Waals surface area (Å²) in [4.78, 5) is 27.1. The van der Waals surface area contributed by atoms with Gasteiger partial charge in [0.1, 0.15) is 24.0 Å². The average molecular weight is 407 g/mol. The van der Waals surface area contributed by atoms with E-state index in [0.717, 1.165) is 21.6 Å². The minimum atomic E-state index is -0.998. The summed E-state index contributed by atoms with van der Waals surface area (Å²) >= 11 is 0. The fourth-order valence-electron chi connectivity index (χ4n) is 3.29. The standard InChI is InChI=1S/C23H25N3O4/c1-23(2)21(28)26(22(29)25(23)3)14-19(27)15-30-20-9-7-17(8-10-20)18-6-4-5-16(13-18)11-12-24/h4-10,13,19,27H,11,14-15H2,1-3H3. The molecule has 30 heavy (non-hydrogen) atoms. The van der Waals surface area contributed by atoms with Gasteiger partial charge in [0, 0.05) is 7.05 Å². The maximum atomic E-state index is 12.4. The van der Waals surface area contributed by atoms with Crippen LogP contribution in [-0.2, 0) is 11.2 Å². The van der Waals surface area contributed by atoms with Gasteiger partial charge in [0.25, 0.3) is 5.91 Å². The van der Waals surface area contributed by atoms with Crippen molar-refractivity contribution in [3.05, 3.63) is 54.1 Å². The van der Waals surface area contributed by atoms with Gasteiger partial charge < -0.3 is 14.7 Å². The van der Waals surface area contributed by atoms with Crippen LogP contribution in [0.15, 0.2) is 48.5 Å². The van der Waals surface area contributed by atoms with Crippen LogP contribution in [0.1, 0.15) is 19.4 Å². The normalized spacial score (nSPS) is 16.5. The van der Waals surface area contributed by atoms with Gasteiger partial charge in [0.15, 0.2) is 0 Å². The number of likely N-dealkylation sites (N-methyl/N-ethyl adjacent to an activating group) is 1. The van der Waals surface area contributed by atoms with Gasteiger partial charge in [0.05, 0.1) is 19.0 Å². The molecule has 7 nitrogen and oxygen atoms in total. The molecular formula is C23H25N3O4. The molecule has 1 atom stereocenters. The van der Waals surface area contributed by atoms with E-state index in [4.69, 9.17) is 10.00 Å². The van der Waals surface area contributed by atoms with Gasteiger partial charge in [-0.1, -0.05) is 36.4 Å². The van der Waals surface area contributed by atoms with E-state index >= 15 is 0 Å². The third-order valence-electron chi connectivity index (χ3n) is 5.36. The first-order valence-electron chi connectivity index (χ1n) is 9.71. The number of carbonyl (C=O) groups is 2. The summed E-state index contributed by atoms with van der Waals surface area (Å²) in [5.74, 6) is 0.236. The van der Waals surface area contributed by atoms with E-state index < -0.39 is 17.7 Å². The lowest BCUT2D eigenvalue weighted by molar-refractivity contribution is -0.132.